The van der Waals surface area contributed by atoms with Crippen LogP contribution in [0, 0.1) is 5.41 Å². The quantitative estimate of drug-likeness (QED) is 0.906. The average molecular weight is 319 g/mol. The van der Waals surface area contributed by atoms with Crippen LogP contribution in [-0.4, -0.2) is 41.6 Å². The van der Waals surface area contributed by atoms with Crippen molar-refractivity contribution < 1.29 is 19.4 Å². The van der Waals surface area contributed by atoms with Gasteiger partial charge in [-0.15, -0.1) is 0 Å². The first-order valence-corrected chi connectivity index (χ1v) is 8.06. The molecule has 0 aliphatic carbocycles. The van der Waals surface area contributed by atoms with E-state index >= 15 is 0 Å². The first-order chi connectivity index (χ1) is 10.8. The summed E-state index contributed by atoms with van der Waals surface area (Å²) in [6, 6.07) is 7.71. The van der Waals surface area contributed by atoms with Crippen molar-refractivity contribution in [2.45, 2.75) is 39.5 Å². The highest BCUT2D eigenvalue weighted by Crippen LogP contribution is 2.29. The van der Waals surface area contributed by atoms with Crippen LogP contribution >= 0.6 is 0 Å². The first kappa shape index (κ1) is 17.3. The van der Waals surface area contributed by atoms with Gasteiger partial charge in [0.15, 0.2) is 6.61 Å². The maximum Gasteiger partial charge on any atom is 0.311 e. The second-order valence-electron chi connectivity index (χ2n) is 6.80. The number of aliphatic carboxylic acids is 1. The minimum Gasteiger partial charge on any atom is -0.484 e. The van der Waals surface area contributed by atoms with Crippen molar-refractivity contribution in [1.29, 1.82) is 0 Å². The van der Waals surface area contributed by atoms with Crippen LogP contribution in [0.4, 0.5) is 0 Å². The maximum absolute atomic E-state index is 12.3. The molecule has 0 saturated carbocycles. The number of carboxylic acids is 1. The molecule has 23 heavy (non-hydrogen) atoms. The van der Waals surface area contributed by atoms with Crippen molar-refractivity contribution in [2.24, 2.45) is 5.41 Å². The Kier molecular flexibility index (Phi) is 5.29. The third kappa shape index (κ3) is 4.24. The van der Waals surface area contributed by atoms with Gasteiger partial charge in [0, 0.05) is 13.1 Å². The van der Waals surface area contributed by atoms with E-state index in [2.05, 4.69) is 13.8 Å². The van der Waals surface area contributed by atoms with Gasteiger partial charge in [0.25, 0.3) is 5.91 Å². The molecule has 1 amide bonds. The number of rotatable bonds is 5. The Morgan fingerprint density at radius 2 is 1.96 bits per heavy atom. The lowest BCUT2D eigenvalue weighted by molar-refractivity contribution is -0.153. The molecule has 1 atom stereocenters. The molecule has 0 aromatic heterocycles. The van der Waals surface area contributed by atoms with Crippen molar-refractivity contribution in [3.05, 3.63) is 29.8 Å². The third-order valence-electron chi connectivity index (χ3n) is 4.47. The van der Waals surface area contributed by atoms with Gasteiger partial charge >= 0.3 is 5.97 Å². The Bertz CT molecular complexity index is 567. The zero-order valence-electron chi connectivity index (χ0n) is 14.0. The zero-order chi connectivity index (χ0) is 17.0. The molecule has 0 spiro atoms. The standard InChI is InChI=1S/C18H25NO4/c1-13(2)14-5-7-15(8-6-14)23-11-16(20)19-10-4-9-18(3,12-19)17(21)22/h5-8,13H,4,9-12H2,1-3H3,(H,21,22). The number of amides is 1. The second kappa shape index (κ2) is 7.02. The van der Waals surface area contributed by atoms with Crippen LogP contribution in [0.15, 0.2) is 24.3 Å². The van der Waals surface area contributed by atoms with E-state index in [1.54, 1.807) is 11.8 Å². The number of hydrogen-bond donors (Lipinski definition) is 1. The summed E-state index contributed by atoms with van der Waals surface area (Å²) in [6.45, 7) is 6.72. The van der Waals surface area contributed by atoms with Crippen LogP contribution in [0.5, 0.6) is 5.75 Å². The molecule has 1 aromatic rings. The van der Waals surface area contributed by atoms with E-state index in [1.807, 2.05) is 24.3 Å². The Balaban J connectivity index is 1.90. The summed E-state index contributed by atoms with van der Waals surface area (Å²) in [7, 11) is 0. The van der Waals surface area contributed by atoms with Gasteiger partial charge in [-0.3, -0.25) is 9.59 Å². The third-order valence-corrected chi connectivity index (χ3v) is 4.47. The zero-order valence-corrected chi connectivity index (χ0v) is 14.0. The topological polar surface area (TPSA) is 66.8 Å². The molecule has 1 fully saturated rings. The first-order valence-electron chi connectivity index (χ1n) is 8.06. The number of ether oxygens (including phenoxy) is 1. The molecule has 1 heterocycles. The van der Waals surface area contributed by atoms with E-state index in [-0.39, 0.29) is 19.1 Å². The number of piperidine rings is 1. The SMILES string of the molecule is CC(C)c1ccc(OCC(=O)N2CCCC(C)(C(=O)O)C2)cc1. The molecule has 5 nitrogen and oxygen atoms in total. The number of carbonyl (C=O) groups excluding carboxylic acids is 1. The fourth-order valence-corrected chi connectivity index (χ4v) is 2.81. The molecule has 1 aromatic carbocycles. The van der Waals surface area contributed by atoms with Gasteiger partial charge in [0.2, 0.25) is 0 Å². The summed E-state index contributed by atoms with van der Waals surface area (Å²) in [5.41, 5.74) is 0.365. The number of hydrogen-bond acceptors (Lipinski definition) is 3. The van der Waals surface area contributed by atoms with Crippen LogP contribution in [0.3, 0.4) is 0 Å². The van der Waals surface area contributed by atoms with E-state index < -0.39 is 11.4 Å². The van der Waals surface area contributed by atoms with Crippen molar-refractivity contribution in [3.8, 4) is 5.75 Å². The molecule has 1 N–H and O–H groups in total. The lowest BCUT2D eigenvalue weighted by Gasteiger charge is -2.37. The predicted octanol–water partition coefficient (Wildman–Crippen LogP) is 2.90. The fourth-order valence-electron chi connectivity index (χ4n) is 2.81. The van der Waals surface area contributed by atoms with E-state index in [0.29, 0.717) is 31.1 Å². The summed E-state index contributed by atoms with van der Waals surface area (Å²) in [4.78, 5) is 25.2. The molecular weight excluding hydrogens is 294 g/mol. The van der Waals surface area contributed by atoms with Crippen molar-refractivity contribution in [2.75, 3.05) is 19.7 Å². The summed E-state index contributed by atoms with van der Waals surface area (Å²) >= 11 is 0. The molecule has 1 unspecified atom stereocenters. The Morgan fingerprint density at radius 3 is 2.52 bits per heavy atom. The summed E-state index contributed by atoms with van der Waals surface area (Å²) in [5, 5.41) is 9.31. The molecule has 1 saturated heterocycles. The highest BCUT2D eigenvalue weighted by atomic mass is 16.5. The minimum absolute atomic E-state index is 0.0588. The van der Waals surface area contributed by atoms with Gasteiger partial charge in [-0.25, -0.2) is 0 Å². The Hall–Kier alpha value is -2.04. The second-order valence-corrected chi connectivity index (χ2v) is 6.80. The van der Waals surface area contributed by atoms with Gasteiger partial charge in [0.05, 0.1) is 5.41 Å². The van der Waals surface area contributed by atoms with Crippen LogP contribution in [0.2, 0.25) is 0 Å². The van der Waals surface area contributed by atoms with Gasteiger partial charge in [0.1, 0.15) is 5.75 Å². The molecule has 2 rings (SSSR count). The summed E-state index contributed by atoms with van der Waals surface area (Å²) in [5.74, 6) is 0.0961. The molecule has 0 radical (unpaired) electrons. The number of nitrogens with zero attached hydrogens (tertiary/aromatic N) is 1. The van der Waals surface area contributed by atoms with Crippen molar-refractivity contribution in [3.63, 3.8) is 0 Å². The Morgan fingerprint density at radius 1 is 1.30 bits per heavy atom. The number of carboxylic acid groups (broad SMARTS) is 1. The van der Waals surface area contributed by atoms with Crippen LogP contribution in [0.1, 0.15) is 45.1 Å². The lowest BCUT2D eigenvalue weighted by atomic mass is 9.82. The van der Waals surface area contributed by atoms with Gasteiger partial charge in [-0.2, -0.15) is 0 Å². The van der Waals surface area contributed by atoms with Crippen LogP contribution in [-0.2, 0) is 9.59 Å². The minimum atomic E-state index is -0.854. The molecule has 126 valence electrons. The number of benzene rings is 1. The monoisotopic (exact) mass is 319 g/mol. The largest absolute Gasteiger partial charge is 0.484 e. The molecule has 0 bridgehead atoms. The highest BCUT2D eigenvalue weighted by Gasteiger charge is 2.39. The van der Waals surface area contributed by atoms with E-state index in [9.17, 15) is 14.7 Å². The lowest BCUT2D eigenvalue weighted by Crippen LogP contribution is -2.49. The van der Waals surface area contributed by atoms with Crippen molar-refractivity contribution in [1.82, 2.24) is 4.90 Å². The smallest absolute Gasteiger partial charge is 0.311 e. The Labute approximate surface area is 137 Å². The fraction of sp³-hybridized carbons (Fsp3) is 0.556. The molecular formula is C18H25NO4. The van der Waals surface area contributed by atoms with Gasteiger partial charge in [-0.1, -0.05) is 26.0 Å². The normalized spacial score (nSPS) is 21.3. The predicted molar refractivity (Wildman–Crippen MR) is 87.6 cm³/mol. The van der Waals surface area contributed by atoms with E-state index in [1.165, 1.54) is 5.56 Å². The number of carbonyl (C=O) groups is 2. The maximum atomic E-state index is 12.3. The molecule has 1 aliphatic heterocycles. The van der Waals surface area contributed by atoms with Crippen molar-refractivity contribution >= 4 is 11.9 Å². The van der Waals surface area contributed by atoms with Crippen LogP contribution < -0.4 is 4.74 Å². The highest BCUT2D eigenvalue weighted by molar-refractivity contribution is 5.80. The average Bonchev–Trinajstić information content (AvgIpc) is 2.53. The van der Waals surface area contributed by atoms with Crippen LogP contribution in [0.25, 0.3) is 0 Å². The van der Waals surface area contributed by atoms with Gasteiger partial charge in [-0.05, 0) is 43.4 Å². The number of likely N-dealkylation sites (tertiary alicyclic amines) is 1. The molecule has 1 aliphatic rings. The molecule has 5 heteroatoms. The van der Waals surface area contributed by atoms with Gasteiger partial charge < -0.3 is 14.7 Å². The van der Waals surface area contributed by atoms with E-state index in [0.717, 1.165) is 0 Å². The summed E-state index contributed by atoms with van der Waals surface area (Å²) in [6.07, 6.45) is 1.31. The van der Waals surface area contributed by atoms with E-state index in [4.69, 9.17) is 4.74 Å². The summed E-state index contributed by atoms with van der Waals surface area (Å²) < 4.78 is 5.55.